The molecule has 0 spiro atoms. The van der Waals surface area contributed by atoms with Crippen LogP contribution in [-0.4, -0.2) is 47.0 Å². The minimum Gasteiger partial charge on any atom is -0.368 e. The molecule has 2 unspecified atom stereocenters. The Balaban J connectivity index is 0.950. The molecular formula is C41H43FN6O2S2. The molecule has 4 aromatic carbocycles. The fraction of sp³-hybridized carbons (Fsp3) is 0.268. The number of piperazine rings is 1. The van der Waals surface area contributed by atoms with Gasteiger partial charge in [-0.25, -0.2) is 9.11 Å². The molecule has 2 aliphatic rings. The van der Waals surface area contributed by atoms with Crippen molar-refractivity contribution in [2.45, 2.75) is 42.9 Å². The van der Waals surface area contributed by atoms with Gasteiger partial charge in [0, 0.05) is 77.8 Å². The molecule has 2 heterocycles. The normalized spacial score (nSPS) is 17.6. The molecule has 5 aromatic rings. The fourth-order valence-electron chi connectivity index (χ4n) is 7.11. The summed E-state index contributed by atoms with van der Waals surface area (Å²) < 4.78 is 22.7. The average molecular weight is 735 g/mol. The number of nitro groups is 1. The summed E-state index contributed by atoms with van der Waals surface area (Å²) in [5.41, 5.74) is 10.5. The maximum Gasteiger partial charge on any atom is 0.261 e. The van der Waals surface area contributed by atoms with Gasteiger partial charge in [-0.1, -0.05) is 30.3 Å². The second kappa shape index (κ2) is 15.9. The standard InChI is InChI=1S/C41H43FN6O2S2/c1-28-29(2)45(3)41(30-12-14-32(42)15-13-30)40(28)31-8-7-9-35(26-31)47-24-22-46(23-25-47)34-18-16-33(17-19-34)43-52-37-20-21-38(39(27-37)48(49)50)44-51-36-10-5-4-6-11-36/h4-19,26-27,37-38,43-44H,20-25H2,1-3H3. The number of nitrogens with one attached hydrogen (secondary N) is 2. The van der Waals surface area contributed by atoms with E-state index in [1.807, 2.05) is 42.5 Å². The third-order valence-corrected chi connectivity index (χ3v) is 12.1. The van der Waals surface area contributed by atoms with Gasteiger partial charge in [-0.3, -0.25) is 10.1 Å². The van der Waals surface area contributed by atoms with E-state index in [2.05, 4.69) is 93.2 Å². The van der Waals surface area contributed by atoms with Gasteiger partial charge in [-0.15, -0.1) is 0 Å². The van der Waals surface area contributed by atoms with E-state index in [9.17, 15) is 14.5 Å². The Morgan fingerprint density at radius 1 is 0.808 bits per heavy atom. The van der Waals surface area contributed by atoms with E-state index >= 15 is 0 Å². The lowest BCUT2D eigenvalue weighted by atomic mass is 9.97. The molecule has 1 aromatic heterocycles. The third kappa shape index (κ3) is 7.86. The molecule has 0 radical (unpaired) electrons. The van der Waals surface area contributed by atoms with Crippen LogP contribution in [0, 0.1) is 29.8 Å². The number of nitrogens with zero attached hydrogens (tertiary/aromatic N) is 4. The van der Waals surface area contributed by atoms with Crippen molar-refractivity contribution in [3.63, 3.8) is 0 Å². The minimum atomic E-state index is -0.293. The molecule has 0 amide bonds. The van der Waals surface area contributed by atoms with Crippen molar-refractivity contribution in [3.8, 4) is 22.4 Å². The van der Waals surface area contributed by atoms with Gasteiger partial charge in [0.15, 0.2) is 0 Å². The van der Waals surface area contributed by atoms with Crippen molar-refractivity contribution in [1.29, 1.82) is 0 Å². The molecule has 52 heavy (non-hydrogen) atoms. The van der Waals surface area contributed by atoms with Crippen LogP contribution < -0.4 is 19.2 Å². The summed E-state index contributed by atoms with van der Waals surface area (Å²) in [5.74, 6) is -0.232. The summed E-state index contributed by atoms with van der Waals surface area (Å²) in [5, 5.41) is 11.9. The van der Waals surface area contributed by atoms with Crippen molar-refractivity contribution in [2.24, 2.45) is 7.05 Å². The zero-order valence-electron chi connectivity index (χ0n) is 29.6. The third-order valence-electron chi connectivity index (χ3n) is 10.2. The molecule has 11 heteroatoms. The van der Waals surface area contributed by atoms with Crippen LogP contribution in [0.2, 0.25) is 0 Å². The molecule has 268 valence electrons. The SMILES string of the molecule is Cc1c(-c2cccc(N3CCN(c4ccc(NSC5C=C([N+](=O)[O-])C(NSc6ccccc6)CC5)cc4)CC3)c2)c(-c2ccc(F)cc2)n(C)c1C. The van der Waals surface area contributed by atoms with Gasteiger partial charge in [0.05, 0.1) is 10.6 Å². The largest absolute Gasteiger partial charge is 0.368 e. The second-order valence-corrected chi connectivity index (χ2v) is 15.3. The van der Waals surface area contributed by atoms with Gasteiger partial charge < -0.3 is 19.1 Å². The first-order valence-electron chi connectivity index (χ1n) is 17.6. The Labute approximate surface area is 313 Å². The molecule has 2 N–H and O–H groups in total. The number of benzene rings is 4. The Bertz CT molecular complexity index is 2040. The van der Waals surface area contributed by atoms with Crippen LogP contribution in [0.3, 0.4) is 0 Å². The maximum absolute atomic E-state index is 13.8. The highest BCUT2D eigenvalue weighted by Crippen LogP contribution is 2.40. The van der Waals surface area contributed by atoms with E-state index in [0.29, 0.717) is 6.42 Å². The molecule has 1 fully saturated rings. The first-order valence-corrected chi connectivity index (χ1v) is 19.3. The topological polar surface area (TPSA) is 78.6 Å². The van der Waals surface area contributed by atoms with Crippen LogP contribution in [0.4, 0.5) is 21.5 Å². The van der Waals surface area contributed by atoms with Crippen molar-refractivity contribution in [2.75, 3.05) is 40.7 Å². The van der Waals surface area contributed by atoms with E-state index in [-0.39, 0.29) is 27.7 Å². The van der Waals surface area contributed by atoms with E-state index in [4.69, 9.17) is 0 Å². The van der Waals surface area contributed by atoms with E-state index in [1.165, 1.54) is 69.8 Å². The van der Waals surface area contributed by atoms with Gasteiger partial charge in [-0.05, 0) is 140 Å². The summed E-state index contributed by atoms with van der Waals surface area (Å²) in [6.07, 6.45) is 3.33. The van der Waals surface area contributed by atoms with Gasteiger partial charge in [0.25, 0.3) is 5.70 Å². The Hall–Kier alpha value is -4.71. The quantitative estimate of drug-likeness (QED) is 0.0790. The molecular weight excluding hydrogens is 692 g/mol. The summed E-state index contributed by atoms with van der Waals surface area (Å²) in [4.78, 5) is 17.5. The van der Waals surface area contributed by atoms with E-state index in [0.717, 1.165) is 54.4 Å². The lowest BCUT2D eigenvalue weighted by Crippen LogP contribution is -2.46. The van der Waals surface area contributed by atoms with Crippen LogP contribution in [0.15, 0.2) is 120 Å². The zero-order chi connectivity index (χ0) is 36.2. The number of hydrogen-bond donors (Lipinski definition) is 2. The minimum absolute atomic E-state index is 0.00996. The van der Waals surface area contributed by atoms with Crippen molar-refractivity contribution >= 4 is 41.0 Å². The van der Waals surface area contributed by atoms with Crippen LogP contribution in [0.1, 0.15) is 24.1 Å². The number of rotatable bonds is 11. The van der Waals surface area contributed by atoms with Crippen LogP contribution in [0.25, 0.3) is 22.4 Å². The maximum atomic E-state index is 13.8. The molecule has 0 saturated carbocycles. The van der Waals surface area contributed by atoms with Gasteiger partial charge >= 0.3 is 0 Å². The smallest absolute Gasteiger partial charge is 0.261 e. The summed E-state index contributed by atoms with van der Waals surface area (Å²) >= 11 is 2.97. The van der Waals surface area contributed by atoms with Crippen LogP contribution in [0.5, 0.6) is 0 Å². The summed E-state index contributed by atoms with van der Waals surface area (Å²) in [7, 11) is 2.08. The lowest BCUT2D eigenvalue weighted by Gasteiger charge is -2.37. The van der Waals surface area contributed by atoms with Crippen LogP contribution in [-0.2, 0) is 7.05 Å². The van der Waals surface area contributed by atoms with E-state index in [1.54, 1.807) is 6.08 Å². The zero-order valence-corrected chi connectivity index (χ0v) is 31.2. The number of anilines is 3. The number of halogens is 1. The number of hydrogen-bond acceptors (Lipinski definition) is 8. The Morgan fingerprint density at radius 3 is 2.19 bits per heavy atom. The molecule has 8 nitrogen and oxygen atoms in total. The Kier molecular flexibility index (Phi) is 10.9. The fourth-order valence-corrected chi connectivity index (χ4v) is 8.80. The molecule has 7 rings (SSSR count). The molecule has 1 aliphatic carbocycles. The highest BCUT2D eigenvalue weighted by Gasteiger charge is 2.32. The first-order chi connectivity index (χ1) is 25.2. The average Bonchev–Trinajstić information content (AvgIpc) is 3.41. The van der Waals surface area contributed by atoms with Gasteiger partial charge in [-0.2, -0.15) is 0 Å². The first kappa shape index (κ1) is 35.7. The monoisotopic (exact) mass is 734 g/mol. The molecule has 1 saturated heterocycles. The van der Waals surface area contributed by atoms with E-state index < -0.39 is 0 Å². The highest BCUT2D eigenvalue weighted by molar-refractivity contribution is 8.01. The van der Waals surface area contributed by atoms with Crippen molar-refractivity contribution < 1.29 is 9.31 Å². The van der Waals surface area contributed by atoms with Crippen LogP contribution >= 0.6 is 23.9 Å². The lowest BCUT2D eigenvalue weighted by molar-refractivity contribution is -0.431. The van der Waals surface area contributed by atoms with Gasteiger partial charge in [0.2, 0.25) is 0 Å². The predicted octanol–water partition coefficient (Wildman–Crippen LogP) is 9.49. The number of aromatic nitrogens is 1. The van der Waals surface area contributed by atoms with Crippen molar-refractivity contribution in [1.82, 2.24) is 9.29 Å². The summed E-state index contributed by atoms with van der Waals surface area (Å²) in [6.45, 7) is 7.93. The molecule has 1 aliphatic heterocycles. The molecule has 2 atom stereocenters. The second-order valence-electron chi connectivity index (χ2n) is 13.3. The highest BCUT2D eigenvalue weighted by atomic mass is 32.2. The predicted molar refractivity (Wildman–Crippen MR) is 215 cm³/mol. The summed E-state index contributed by atoms with van der Waals surface area (Å²) in [6, 6.07) is 33.6. The molecule has 0 bridgehead atoms. The Morgan fingerprint density at radius 2 is 1.50 bits per heavy atom. The van der Waals surface area contributed by atoms with Crippen molar-refractivity contribution in [3.05, 3.63) is 142 Å². The van der Waals surface area contributed by atoms with Gasteiger partial charge in [0.1, 0.15) is 11.9 Å².